The van der Waals surface area contributed by atoms with E-state index in [-0.39, 0.29) is 42.0 Å². The van der Waals surface area contributed by atoms with E-state index in [4.69, 9.17) is 0 Å². The maximum Gasteiger partial charge on any atom is 0.326 e. The topological polar surface area (TPSA) is 165 Å². The van der Waals surface area contributed by atoms with Gasteiger partial charge in [-0.05, 0) is 74.3 Å². The van der Waals surface area contributed by atoms with Gasteiger partial charge in [0.15, 0.2) is 0 Å². The van der Waals surface area contributed by atoms with Crippen molar-refractivity contribution < 1.29 is 33.0 Å². The Kier molecular flexibility index (Phi) is 8.86. The number of aromatic hydroxyl groups is 1. The van der Waals surface area contributed by atoms with E-state index < -0.39 is 34.0 Å². The van der Waals surface area contributed by atoms with Crippen LogP contribution in [-0.2, 0) is 30.8 Å². The summed E-state index contributed by atoms with van der Waals surface area (Å²) in [5.41, 5.74) is 1.76. The van der Waals surface area contributed by atoms with Gasteiger partial charge in [-0.15, -0.1) is 0 Å². The van der Waals surface area contributed by atoms with Crippen LogP contribution in [0.3, 0.4) is 0 Å². The number of carbonyl (C=O) groups is 3. The van der Waals surface area contributed by atoms with Crippen molar-refractivity contribution >= 4 is 33.5 Å². The van der Waals surface area contributed by atoms with Gasteiger partial charge in [-0.3, -0.25) is 9.59 Å². The zero-order valence-electron chi connectivity index (χ0n) is 23.6. The SMILES string of the molecule is Cc1ccc(S(=O)(=O)N2CCC[C@H]2C(=O)N[C@@H](Cc2ccc(NC(=O)C3CC4CCCCC4N3)cc2)C(=O)O)cc1O. The van der Waals surface area contributed by atoms with Crippen LogP contribution in [0.2, 0.25) is 0 Å². The summed E-state index contributed by atoms with van der Waals surface area (Å²) in [6, 6.07) is 8.68. The lowest BCUT2D eigenvalue weighted by Gasteiger charge is -2.25. The molecule has 42 heavy (non-hydrogen) atoms. The van der Waals surface area contributed by atoms with Crippen LogP contribution in [0.5, 0.6) is 5.75 Å². The highest BCUT2D eigenvalue weighted by Gasteiger charge is 2.41. The number of nitrogens with zero attached hydrogens (tertiary/aromatic N) is 1. The van der Waals surface area contributed by atoms with Crippen LogP contribution in [0.15, 0.2) is 47.4 Å². The first-order valence-electron chi connectivity index (χ1n) is 14.5. The van der Waals surface area contributed by atoms with E-state index in [9.17, 15) is 33.0 Å². The van der Waals surface area contributed by atoms with Gasteiger partial charge in [0.2, 0.25) is 21.8 Å². The summed E-state index contributed by atoms with van der Waals surface area (Å²) in [7, 11) is -4.09. The first kappa shape index (κ1) is 30.0. The van der Waals surface area contributed by atoms with Gasteiger partial charge in [0.1, 0.15) is 17.8 Å². The quantitative estimate of drug-likeness (QED) is 0.294. The number of amides is 2. The smallest absolute Gasteiger partial charge is 0.326 e. The molecule has 0 aromatic heterocycles. The number of aliphatic carboxylic acids is 1. The Labute approximate surface area is 245 Å². The molecule has 3 aliphatic rings. The molecule has 11 nitrogen and oxygen atoms in total. The number of hydrogen-bond donors (Lipinski definition) is 5. The Hall–Kier alpha value is -3.48. The number of carbonyl (C=O) groups excluding carboxylic acids is 2. The summed E-state index contributed by atoms with van der Waals surface area (Å²) in [5.74, 6) is -1.63. The van der Waals surface area contributed by atoms with Crippen molar-refractivity contribution in [3.05, 3.63) is 53.6 Å². The Morgan fingerprint density at radius 1 is 1.02 bits per heavy atom. The van der Waals surface area contributed by atoms with Gasteiger partial charge in [0.25, 0.3) is 0 Å². The molecule has 3 fully saturated rings. The maximum absolute atomic E-state index is 13.3. The normalized spacial score (nSPS) is 25.0. The zero-order chi connectivity index (χ0) is 30.0. The third-order valence-electron chi connectivity index (χ3n) is 8.75. The molecule has 2 amide bonds. The van der Waals surface area contributed by atoms with Gasteiger partial charge < -0.3 is 26.2 Å². The van der Waals surface area contributed by atoms with Gasteiger partial charge in [0.05, 0.1) is 10.9 Å². The molecule has 0 bridgehead atoms. The molecule has 1 aliphatic carbocycles. The highest BCUT2D eigenvalue weighted by atomic mass is 32.2. The minimum atomic E-state index is -4.09. The molecule has 5 atom stereocenters. The number of phenols is 1. The molecule has 5 rings (SSSR count). The van der Waals surface area contributed by atoms with E-state index in [2.05, 4.69) is 16.0 Å². The molecule has 226 valence electrons. The molecule has 5 N–H and O–H groups in total. The average molecular weight is 599 g/mol. The third-order valence-corrected chi connectivity index (χ3v) is 10.7. The second kappa shape index (κ2) is 12.4. The van der Waals surface area contributed by atoms with Crippen molar-refractivity contribution in [2.24, 2.45) is 5.92 Å². The molecule has 12 heteroatoms. The molecule has 2 saturated heterocycles. The van der Waals surface area contributed by atoms with Crippen LogP contribution in [0.25, 0.3) is 0 Å². The van der Waals surface area contributed by atoms with E-state index in [1.165, 1.54) is 25.0 Å². The van der Waals surface area contributed by atoms with Crippen LogP contribution in [0.1, 0.15) is 56.1 Å². The molecule has 0 radical (unpaired) electrons. The van der Waals surface area contributed by atoms with Crippen molar-refractivity contribution in [3.8, 4) is 5.75 Å². The first-order valence-corrected chi connectivity index (χ1v) is 16.0. The lowest BCUT2D eigenvalue weighted by Crippen LogP contribution is -2.51. The van der Waals surface area contributed by atoms with Gasteiger partial charge in [0, 0.05) is 30.8 Å². The molecule has 1 saturated carbocycles. The van der Waals surface area contributed by atoms with E-state index in [0.717, 1.165) is 29.6 Å². The number of phenolic OH excluding ortho intramolecular Hbond substituents is 1. The Morgan fingerprint density at radius 3 is 2.45 bits per heavy atom. The molecule has 2 heterocycles. The standard InChI is InChI=1S/C30H38N4O7S/c1-18-8-13-22(17-27(18)35)42(40,41)34-14-4-7-26(34)29(37)33-25(30(38)39)15-19-9-11-21(12-10-19)31-28(36)24-16-20-5-2-3-6-23(20)32-24/h8-13,17,20,23-26,32,35H,2-7,14-16H2,1H3,(H,31,36)(H,33,37)(H,38,39)/t20?,23?,24?,25-,26-/m0/s1. The summed E-state index contributed by atoms with van der Waals surface area (Å²) in [6.07, 6.45) is 6.18. The second-order valence-corrected chi connectivity index (χ2v) is 13.5. The third kappa shape index (κ3) is 6.45. The van der Waals surface area contributed by atoms with Crippen molar-refractivity contribution in [2.45, 2.75) is 87.4 Å². The van der Waals surface area contributed by atoms with Gasteiger partial charge in [-0.2, -0.15) is 4.31 Å². The van der Waals surface area contributed by atoms with Crippen LogP contribution >= 0.6 is 0 Å². The number of sulfonamides is 1. The Morgan fingerprint density at radius 2 is 1.76 bits per heavy atom. The average Bonchev–Trinajstić information content (AvgIpc) is 3.63. The lowest BCUT2D eigenvalue weighted by atomic mass is 9.85. The largest absolute Gasteiger partial charge is 0.508 e. The van der Waals surface area contributed by atoms with Crippen molar-refractivity contribution in [3.63, 3.8) is 0 Å². The van der Waals surface area contributed by atoms with E-state index in [1.807, 2.05) is 0 Å². The highest BCUT2D eigenvalue weighted by Crippen LogP contribution is 2.33. The van der Waals surface area contributed by atoms with Crippen molar-refractivity contribution in [2.75, 3.05) is 11.9 Å². The molecule has 0 spiro atoms. The number of carboxylic acids is 1. The van der Waals surface area contributed by atoms with Crippen LogP contribution < -0.4 is 16.0 Å². The second-order valence-electron chi connectivity index (χ2n) is 11.6. The monoisotopic (exact) mass is 598 g/mol. The molecule has 2 aromatic carbocycles. The number of anilines is 1. The predicted molar refractivity (Wildman–Crippen MR) is 155 cm³/mol. The summed E-state index contributed by atoms with van der Waals surface area (Å²) in [5, 5.41) is 28.7. The number of aryl methyl sites for hydroxylation is 1. The Bertz CT molecular complexity index is 1430. The number of hydrogen-bond acceptors (Lipinski definition) is 7. The number of nitrogens with one attached hydrogen (secondary N) is 3. The number of fused-ring (bicyclic) bond motifs is 1. The zero-order valence-corrected chi connectivity index (χ0v) is 24.4. The summed E-state index contributed by atoms with van der Waals surface area (Å²) >= 11 is 0. The number of carboxylic acid groups (broad SMARTS) is 1. The minimum Gasteiger partial charge on any atom is -0.508 e. The molecule has 2 aliphatic heterocycles. The van der Waals surface area contributed by atoms with Gasteiger partial charge >= 0.3 is 5.97 Å². The molecule has 2 aromatic rings. The Balaban J connectivity index is 1.19. The van der Waals surface area contributed by atoms with E-state index in [0.29, 0.717) is 35.2 Å². The van der Waals surface area contributed by atoms with Crippen molar-refractivity contribution in [1.29, 1.82) is 0 Å². The molecule has 3 unspecified atom stereocenters. The van der Waals surface area contributed by atoms with Gasteiger partial charge in [-0.1, -0.05) is 31.0 Å². The van der Waals surface area contributed by atoms with Crippen LogP contribution in [0.4, 0.5) is 5.69 Å². The van der Waals surface area contributed by atoms with Crippen LogP contribution in [-0.4, -0.2) is 71.4 Å². The van der Waals surface area contributed by atoms with Crippen LogP contribution in [0, 0.1) is 12.8 Å². The summed E-state index contributed by atoms with van der Waals surface area (Å²) in [6.45, 7) is 1.75. The van der Waals surface area contributed by atoms with E-state index >= 15 is 0 Å². The van der Waals surface area contributed by atoms with Crippen molar-refractivity contribution in [1.82, 2.24) is 14.9 Å². The maximum atomic E-state index is 13.3. The highest BCUT2D eigenvalue weighted by molar-refractivity contribution is 7.89. The van der Waals surface area contributed by atoms with E-state index in [1.54, 1.807) is 31.2 Å². The lowest BCUT2D eigenvalue weighted by molar-refractivity contribution is -0.142. The number of rotatable bonds is 9. The fraction of sp³-hybridized carbons (Fsp3) is 0.500. The molecular formula is C30H38N4O7S. The number of benzene rings is 2. The van der Waals surface area contributed by atoms with Gasteiger partial charge in [-0.25, -0.2) is 13.2 Å². The molecular weight excluding hydrogens is 560 g/mol. The fourth-order valence-electron chi connectivity index (χ4n) is 6.35. The minimum absolute atomic E-state index is 0.0197. The predicted octanol–water partition coefficient (Wildman–Crippen LogP) is 2.53. The summed E-state index contributed by atoms with van der Waals surface area (Å²) < 4.78 is 27.6. The summed E-state index contributed by atoms with van der Waals surface area (Å²) in [4.78, 5) is 37.9. The fourth-order valence-corrected chi connectivity index (χ4v) is 8.03. The first-order chi connectivity index (χ1) is 20.0.